The first kappa shape index (κ1) is 33.0. The van der Waals surface area contributed by atoms with Gasteiger partial charge in [0.05, 0.1) is 5.41 Å². The summed E-state index contributed by atoms with van der Waals surface area (Å²) in [5, 5.41) is 9.14. The molecule has 12 nitrogen and oxygen atoms in total. The van der Waals surface area contributed by atoms with Crippen LogP contribution in [-0.2, 0) is 30.3 Å². The molecule has 1 aromatic rings. The summed E-state index contributed by atoms with van der Waals surface area (Å²) >= 11 is 0. The van der Waals surface area contributed by atoms with Gasteiger partial charge >= 0.3 is 0 Å². The molecule has 0 aliphatic carbocycles. The lowest BCUT2D eigenvalue weighted by Crippen LogP contribution is -2.59. The molecule has 0 bridgehead atoms. The van der Waals surface area contributed by atoms with Gasteiger partial charge in [0, 0.05) is 58.2 Å². The molecule has 0 saturated carbocycles. The normalized spacial score (nSPS) is 25.2. The van der Waals surface area contributed by atoms with E-state index in [1.807, 2.05) is 30.3 Å². The summed E-state index contributed by atoms with van der Waals surface area (Å²) in [6, 6.07) is 8.09. The Morgan fingerprint density at radius 2 is 1.89 bits per heavy atom. The van der Waals surface area contributed by atoms with Crippen LogP contribution in [0, 0.1) is 11.3 Å². The van der Waals surface area contributed by atoms with E-state index in [-0.39, 0.29) is 41.5 Å². The van der Waals surface area contributed by atoms with Gasteiger partial charge in [0.25, 0.3) is 0 Å². The number of nitrogens with zero attached hydrogens (tertiary/aromatic N) is 2. The van der Waals surface area contributed by atoms with Crippen molar-refractivity contribution in [2.45, 2.75) is 76.4 Å². The third-order valence-corrected chi connectivity index (χ3v) is 8.94. The lowest BCUT2D eigenvalue weighted by molar-refractivity contribution is -0.141. The predicted molar refractivity (Wildman–Crippen MR) is 167 cm³/mol. The molecular formula is C32H47N7O5. The van der Waals surface area contributed by atoms with Crippen molar-refractivity contribution in [2.75, 3.05) is 32.8 Å². The highest BCUT2D eigenvalue weighted by molar-refractivity contribution is 5.91. The van der Waals surface area contributed by atoms with Gasteiger partial charge in [-0.3, -0.25) is 24.2 Å². The van der Waals surface area contributed by atoms with Crippen molar-refractivity contribution in [2.24, 2.45) is 27.8 Å². The molecule has 2 saturated heterocycles. The summed E-state index contributed by atoms with van der Waals surface area (Å²) in [5.41, 5.74) is 11.2. The van der Waals surface area contributed by atoms with E-state index in [2.05, 4.69) is 33.1 Å². The maximum Gasteiger partial charge on any atom is 0.245 e. The Balaban J connectivity index is 1.53. The number of ether oxygens (including phenoxy) is 1. The smallest absolute Gasteiger partial charge is 0.245 e. The van der Waals surface area contributed by atoms with Crippen molar-refractivity contribution in [3.63, 3.8) is 0 Å². The topological polar surface area (TPSA) is 181 Å². The average Bonchev–Trinajstić information content (AvgIpc) is 3.01. The molecule has 4 atom stereocenters. The predicted octanol–water partition coefficient (Wildman–Crippen LogP) is 0.752. The molecular weight excluding hydrogens is 562 g/mol. The van der Waals surface area contributed by atoms with Crippen LogP contribution in [0.4, 0.5) is 0 Å². The van der Waals surface area contributed by atoms with E-state index in [1.165, 1.54) is 6.92 Å². The zero-order valence-corrected chi connectivity index (χ0v) is 25.6. The van der Waals surface area contributed by atoms with Crippen molar-refractivity contribution in [1.82, 2.24) is 20.9 Å². The first-order chi connectivity index (χ1) is 21.2. The van der Waals surface area contributed by atoms with E-state index in [1.54, 1.807) is 4.90 Å². The van der Waals surface area contributed by atoms with Crippen LogP contribution in [0.5, 0.6) is 0 Å². The molecule has 7 N–H and O–H groups in total. The molecule has 1 aromatic carbocycles. The first-order valence-electron chi connectivity index (χ1n) is 15.7. The Bertz CT molecular complexity index is 1210. The fourth-order valence-corrected chi connectivity index (χ4v) is 6.41. The number of nitrogens with two attached hydrogens (primary N) is 2. The van der Waals surface area contributed by atoms with E-state index in [4.69, 9.17) is 16.2 Å². The molecule has 3 heterocycles. The van der Waals surface area contributed by atoms with Gasteiger partial charge in [0.1, 0.15) is 12.1 Å². The number of nitrogens with one attached hydrogen (secondary N) is 3. The minimum Gasteiger partial charge on any atom is -0.381 e. The van der Waals surface area contributed by atoms with Crippen molar-refractivity contribution < 1.29 is 23.9 Å². The van der Waals surface area contributed by atoms with Crippen molar-refractivity contribution in [3.8, 4) is 0 Å². The lowest BCUT2D eigenvalue weighted by atomic mass is 9.75. The van der Waals surface area contributed by atoms with Crippen LogP contribution in [0.1, 0.15) is 57.4 Å². The summed E-state index contributed by atoms with van der Waals surface area (Å²) in [7, 11) is 0. The molecule has 4 amide bonds. The second-order valence-corrected chi connectivity index (χ2v) is 12.2. The molecule has 3 aliphatic rings. The summed E-state index contributed by atoms with van der Waals surface area (Å²) < 4.78 is 5.59. The van der Waals surface area contributed by atoms with E-state index in [9.17, 15) is 19.2 Å². The van der Waals surface area contributed by atoms with Crippen LogP contribution in [0.2, 0.25) is 0 Å². The zero-order valence-electron chi connectivity index (χ0n) is 25.6. The van der Waals surface area contributed by atoms with Crippen LogP contribution < -0.4 is 27.4 Å². The maximum atomic E-state index is 13.8. The molecule has 12 heteroatoms. The monoisotopic (exact) mass is 609 g/mol. The van der Waals surface area contributed by atoms with E-state index in [0.29, 0.717) is 84.2 Å². The molecule has 0 radical (unpaired) electrons. The zero-order chi connectivity index (χ0) is 31.5. The van der Waals surface area contributed by atoms with Crippen LogP contribution >= 0.6 is 0 Å². The van der Waals surface area contributed by atoms with Crippen molar-refractivity contribution in [1.29, 1.82) is 0 Å². The number of aliphatic imine (C=N–C) groups is 1. The van der Waals surface area contributed by atoms with Crippen LogP contribution in [0.3, 0.4) is 0 Å². The number of likely N-dealkylation sites (tertiary alicyclic amines) is 1. The van der Waals surface area contributed by atoms with Gasteiger partial charge in [-0.25, -0.2) is 0 Å². The molecule has 2 fully saturated rings. The summed E-state index contributed by atoms with van der Waals surface area (Å²) in [6.07, 6.45) is 8.40. The van der Waals surface area contributed by atoms with Crippen LogP contribution in [-0.4, -0.2) is 85.5 Å². The minimum atomic E-state index is -0.734. The average molecular weight is 610 g/mol. The number of guanidine groups is 1. The first-order valence-corrected chi connectivity index (χ1v) is 15.7. The third kappa shape index (κ3) is 9.04. The standard InChI is InChI=1S/C32H47N7O5/c1-22(40)36-26(11-7-16-35-31(33)34)29(42)39-17-12-25-24(21-39)10-5-6-13-32(14-18-44-19-15-32)30(43)38-27(28(41)37-25)20-23-8-3-2-4-9-23/h2-6,8-9,24-27H,7,10-21H2,1H3,(H,36,40)(H,37,41)(H,38,43)(H4,33,34,35)/b6-5+/t24-,25+,26-,27+/m1/s1. The maximum absolute atomic E-state index is 13.8. The number of hydrogen-bond acceptors (Lipinski definition) is 6. The van der Waals surface area contributed by atoms with E-state index >= 15 is 0 Å². The fraction of sp³-hybridized carbons (Fsp3) is 0.594. The van der Waals surface area contributed by atoms with Crippen molar-refractivity contribution >= 4 is 29.6 Å². The number of allylic oxidation sites excluding steroid dienone is 2. The number of piperidine rings is 1. The largest absolute Gasteiger partial charge is 0.381 e. The number of fused-ring (bicyclic) bond motifs is 1. The van der Waals surface area contributed by atoms with Gasteiger partial charge in [0.15, 0.2) is 5.96 Å². The van der Waals surface area contributed by atoms with Gasteiger partial charge in [-0.1, -0.05) is 42.5 Å². The summed E-state index contributed by atoms with van der Waals surface area (Å²) in [5.74, 6) is -0.816. The Morgan fingerprint density at radius 1 is 1.14 bits per heavy atom. The quantitative estimate of drug-likeness (QED) is 0.125. The van der Waals surface area contributed by atoms with Gasteiger partial charge in [-0.05, 0) is 50.5 Å². The molecule has 0 unspecified atom stereocenters. The highest BCUT2D eigenvalue weighted by atomic mass is 16.5. The number of rotatable bonds is 8. The fourth-order valence-electron chi connectivity index (χ4n) is 6.41. The van der Waals surface area contributed by atoms with E-state index < -0.39 is 17.5 Å². The minimum absolute atomic E-state index is 0.0135. The second-order valence-electron chi connectivity index (χ2n) is 12.2. The number of hydrogen-bond donors (Lipinski definition) is 5. The number of benzene rings is 1. The Labute approximate surface area is 259 Å². The molecule has 44 heavy (non-hydrogen) atoms. The summed E-state index contributed by atoms with van der Waals surface area (Å²) in [6.45, 7) is 3.63. The van der Waals surface area contributed by atoms with Crippen molar-refractivity contribution in [3.05, 3.63) is 48.0 Å². The Morgan fingerprint density at radius 3 is 2.59 bits per heavy atom. The van der Waals surface area contributed by atoms with Crippen LogP contribution in [0.25, 0.3) is 0 Å². The molecule has 240 valence electrons. The van der Waals surface area contributed by atoms with Gasteiger partial charge < -0.3 is 37.1 Å². The highest BCUT2D eigenvalue weighted by Gasteiger charge is 2.42. The second kappa shape index (κ2) is 15.7. The lowest BCUT2D eigenvalue weighted by Gasteiger charge is -2.41. The molecule has 0 aromatic heterocycles. The molecule has 1 spiro atoms. The number of carbonyl (C=O) groups excluding carboxylic acids is 4. The number of amides is 4. The Hall–Kier alpha value is -3.93. The SMILES string of the molecule is CC(=O)N[C@H](CCCN=C(N)N)C(=O)N1CC[C@@H]2NC(=O)[C@H](Cc3ccccc3)NC(=O)C3(C/C=C/C[C@@H]2C1)CCOCC3. The van der Waals surface area contributed by atoms with E-state index in [0.717, 1.165) is 5.56 Å². The van der Waals surface area contributed by atoms with Gasteiger partial charge in [0.2, 0.25) is 23.6 Å². The van der Waals surface area contributed by atoms with Crippen LogP contribution in [0.15, 0.2) is 47.5 Å². The highest BCUT2D eigenvalue weighted by Crippen LogP contribution is 2.36. The van der Waals surface area contributed by atoms with Gasteiger partial charge in [-0.15, -0.1) is 0 Å². The van der Waals surface area contributed by atoms with Gasteiger partial charge in [-0.2, -0.15) is 0 Å². The summed E-state index contributed by atoms with van der Waals surface area (Å²) in [4.78, 5) is 58.9. The molecule has 3 aliphatic heterocycles. The third-order valence-electron chi connectivity index (χ3n) is 8.94. The molecule has 4 rings (SSSR count). The Kier molecular flexibility index (Phi) is 11.8. The number of carbonyl (C=O) groups is 4.